The summed E-state index contributed by atoms with van der Waals surface area (Å²) in [5, 5.41) is 0. The number of halogens is 2. The maximum absolute atomic E-state index is 12.7. The molecule has 0 radical (unpaired) electrons. The van der Waals surface area contributed by atoms with Crippen molar-refractivity contribution >= 4 is 50.5 Å². The summed E-state index contributed by atoms with van der Waals surface area (Å²) in [6.45, 7) is 1.87. The van der Waals surface area contributed by atoms with Gasteiger partial charge in [0.25, 0.3) is 0 Å². The molecule has 2 rings (SSSR count). The van der Waals surface area contributed by atoms with E-state index in [9.17, 15) is 13.2 Å². The molecule has 1 heterocycles. The van der Waals surface area contributed by atoms with E-state index in [0.29, 0.717) is 11.3 Å². The predicted octanol–water partition coefficient (Wildman–Crippen LogP) is 4.04. The molecule has 1 atom stereocenters. The topological polar surface area (TPSA) is 81.7 Å². The number of sulfonamides is 1. The van der Waals surface area contributed by atoms with Crippen LogP contribution in [0.3, 0.4) is 0 Å². The Morgan fingerprint density at radius 3 is 2.62 bits per heavy atom. The Kier molecular flexibility index (Phi) is 7.31. The van der Waals surface area contributed by atoms with Gasteiger partial charge in [-0.1, -0.05) is 35.3 Å². The number of hydrogen-bond donors (Lipinski definition) is 1. The highest BCUT2D eigenvalue weighted by Crippen LogP contribution is 2.35. The normalized spacial score (nSPS) is 12.6. The van der Waals surface area contributed by atoms with Crippen LogP contribution in [0.2, 0.25) is 8.67 Å². The van der Waals surface area contributed by atoms with Crippen LogP contribution in [0.4, 0.5) is 0 Å². The Morgan fingerprint density at radius 2 is 2.04 bits per heavy atom. The predicted molar refractivity (Wildman–Crippen MR) is 102 cm³/mol. The van der Waals surface area contributed by atoms with Gasteiger partial charge in [0.05, 0.1) is 30.5 Å². The lowest BCUT2D eigenvalue weighted by Crippen LogP contribution is -2.30. The monoisotopic (exact) mass is 437 g/mol. The van der Waals surface area contributed by atoms with Crippen LogP contribution in [-0.4, -0.2) is 28.1 Å². The number of rotatable bonds is 8. The Morgan fingerprint density at radius 1 is 1.31 bits per heavy atom. The van der Waals surface area contributed by atoms with Crippen LogP contribution < -0.4 is 9.46 Å². The second-order valence-corrected chi connectivity index (χ2v) is 9.12. The minimum Gasteiger partial charge on any atom is -0.497 e. The van der Waals surface area contributed by atoms with E-state index >= 15 is 0 Å². The summed E-state index contributed by atoms with van der Waals surface area (Å²) in [5.41, 5.74) is 0.554. The summed E-state index contributed by atoms with van der Waals surface area (Å²) in [6.07, 6.45) is -0.185. The molecule has 0 aliphatic carbocycles. The smallest absolute Gasteiger partial charge is 0.307 e. The van der Waals surface area contributed by atoms with Crippen molar-refractivity contribution in [3.05, 3.63) is 44.6 Å². The maximum Gasteiger partial charge on any atom is 0.307 e. The molecular weight excluding hydrogens is 421 g/mol. The second kappa shape index (κ2) is 9.05. The van der Waals surface area contributed by atoms with E-state index in [1.54, 1.807) is 31.2 Å². The Labute approximate surface area is 166 Å². The van der Waals surface area contributed by atoms with Gasteiger partial charge < -0.3 is 9.47 Å². The SMILES string of the molecule is CCOC(=O)CC(NS(=O)(=O)c1cc(Cl)sc1Cl)c1cccc(OC)c1. The number of esters is 1. The highest BCUT2D eigenvalue weighted by atomic mass is 35.5. The number of carbonyl (C=O) groups is 1. The fourth-order valence-corrected chi connectivity index (χ4v) is 5.61. The molecule has 1 aromatic heterocycles. The molecule has 0 aliphatic heterocycles. The molecule has 0 spiro atoms. The Bertz CT molecular complexity index is 883. The molecule has 6 nitrogen and oxygen atoms in total. The number of thiophene rings is 1. The van der Waals surface area contributed by atoms with Gasteiger partial charge in [-0.05, 0) is 30.7 Å². The average Bonchev–Trinajstić information content (AvgIpc) is 2.93. The summed E-state index contributed by atoms with van der Waals surface area (Å²) < 4.78 is 38.3. The van der Waals surface area contributed by atoms with Crippen LogP contribution in [0.1, 0.15) is 24.9 Å². The molecule has 0 bridgehead atoms. The molecule has 1 unspecified atom stereocenters. The third-order valence-corrected chi connectivity index (χ3v) is 6.61. The fraction of sp³-hybridized carbons (Fsp3) is 0.312. The first-order valence-corrected chi connectivity index (χ1v) is 10.6. The molecule has 26 heavy (non-hydrogen) atoms. The Balaban J connectivity index is 2.36. The van der Waals surface area contributed by atoms with Crippen LogP contribution >= 0.6 is 34.5 Å². The highest BCUT2D eigenvalue weighted by Gasteiger charge is 2.27. The van der Waals surface area contributed by atoms with E-state index < -0.39 is 22.0 Å². The molecule has 142 valence electrons. The fourth-order valence-electron chi connectivity index (χ4n) is 2.23. The summed E-state index contributed by atoms with van der Waals surface area (Å²) in [7, 11) is -2.51. The standard InChI is InChI=1S/C16H17Cl2NO5S2/c1-3-24-15(20)8-12(10-5-4-6-11(7-10)23-2)19-26(21,22)13-9-14(17)25-16(13)18/h4-7,9,12,19H,3,8H2,1-2H3. The van der Waals surface area contributed by atoms with Crippen molar-refractivity contribution in [3.8, 4) is 5.75 Å². The zero-order valence-corrected chi connectivity index (χ0v) is 17.1. The van der Waals surface area contributed by atoms with Crippen molar-refractivity contribution in [1.29, 1.82) is 0 Å². The first-order chi connectivity index (χ1) is 12.3. The van der Waals surface area contributed by atoms with Crippen LogP contribution in [0.15, 0.2) is 35.2 Å². The van der Waals surface area contributed by atoms with Crippen LogP contribution in [0.5, 0.6) is 5.75 Å². The summed E-state index contributed by atoms with van der Waals surface area (Å²) in [6, 6.07) is 7.17. The molecule has 1 N–H and O–H groups in total. The number of hydrogen-bond acceptors (Lipinski definition) is 6. The van der Waals surface area contributed by atoms with E-state index in [-0.39, 0.29) is 26.6 Å². The maximum atomic E-state index is 12.7. The lowest BCUT2D eigenvalue weighted by atomic mass is 10.0. The molecule has 0 aliphatic rings. The third-order valence-electron chi connectivity index (χ3n) is 3.38. The average molecular weight is 438 g/mol. The van der Waals surface area contributed by atoms with Crippen LogP contribution in [0.25, 0.3) is 0 Å². The molecule has 0 saturated carbocycles. The first-order valence-electron chi connectivity index (χ1n) is 7.53. The second-order valence-electron chi connectivity index (χ2n) is 5.15. The molecule has 0 saturated heterocycles. The zero-order valence-electron chi connectivity index (χ0n) is 14.0. The molecule has 0 fully saturated rings. The minimum absolute atomic E-state index is 0.0445. The minimum atomic E-state index is -4.00. The van der Waals surface area contributed by atoms with Gasteiger partial charge in [-0.3, -0.25) is 4.79 Å². The lowest BCUT2D eigenvalue weighted by Gasteiger charge is -2.19. The molecule has 0 amide bonds. The molecule has 2 aromatic rings. The lowest BCUT2D eigenvalue weighted by molar-refractivity contribution is -0.143. The van der Waals surface area contributed by atoms with Crippen molar-refractivity contribution < 1.29 is 22.7 Å². The van der Waals surface area contributed by atoms with Crippen LogP contribution in [0, 0.1) is 0 Å². The number of ether oxygens (including phenoxy) is 2. The molecular formula is C16H17Cl2NO5S2. The molecule has 1 aromatic carbocycles. The number of nitrogens with one attached hydrogen (secondary N) is 1. The van der Waals surface area contributed by atoms with Crippen molar-refractivity contribution in [1.82, 2.24) is 4.72 Å². The van der Waals surface area contributed by atoms with Gasteiger partial charge in [-0.25, -0.2) is 13.1 Å². The van der Waals surface area contributed by atoms with Crippen molar-refractivity contribution in [2.75, 3.05) is 13.7 Å². The van der Waals surface area contributed by atoms with Gasteiger partial charge in [0.15, 0.2) is 0 Å². The summed E-state index contributed by atoms with van der Waals surface area (Å²) >= 11 is 12.8. The van der Waals surface area contributed by atoms with Crippen molar-refractivity contribution in [2.45, 2.75) is 24.3 Å². The summed E-state index contributed by atoms with van der Waals surface area (Å²) in [5.74, 6) is 0.00429. The quantitative estimate of drug-likeness (QED) is 0.630. The van der Waals surface area contributed by atoms with Gasteiger partial charge in [-0.15, -0.1) is 11.3 Å². The zero-order chi connectivity index (χ0) is 19.3. The van der Waals surface area contributed by atoms with Gasteiger partial charge in [0.2, 0.25) is 10.0 Å². The van der Waals surface area contributed by atoms with E-state index in [1.807, 2.05) is 0 Å². The Hall–Kier alpha value is -1.32. The van der Waals surface area contributed by atoms with E-state index in [1.165, 1.54) is 13.2 Å². The van der Waals surface area contributed by atoms with E-state index in [2.05, 4.69) is 4.72 Å². The van der Waals surface area contributed by atoms with Crippen molar-refractivity contribution in [2.24, 2.45) is 0 Å². The van der Waals surface area contributed by atoms with E-state index in [0.717, 1.165) is 11.3 Å². The van der Waals surface area contributed by atoms with Gasteiger partial charge in [0.1, 0.15) is 15.0 Å². The van der Waals surface area contributed by atoms with E-state index in [4.69, 9.17) is 32.7 Å². The largest absolute Gasteiger partial charge is 0.497 e. The van der Waals surface area contributed by atoms with Gasteiger partial charge >= 0.3 is 5.97 Å². The number of benzene rings is 1. The number of carbonyl (C=O) groups excluding carboxylic acids is 1. The third kappa shape index (κ3) is 5.34. The van der Waals surface area contributed by atoms with Crippen molar-refractivity contribution in [3.63, 3.8) is 0 Å². The van der Waals surface area contributed by atoms with Gasteiger partial charge in [0, 0.05) is 0 Å². The van der Waals surface area contributed by atoms with Crippen LogP contribution in [-0.2, 0) is 19.6 Å². The summed E-state index contributed by atoms with van der Waals surface area (Å²) in [4.78, 5) is 11.8. The highest BCUT2D eigenvalue weighted by molar-refractivity contribution is 7.89. The first kappa shape index (κ1) is 21.0. The number of methoxy groups -OCH3 is 1. The molecule has 10 heteroatoms. The van der Waals surface area contributed by atoms with Gasteiger partial charge in [-0.2, -0.15) is 0 Å².